The highest BCUT2D eigenvalue weighted by molar-refractivity contribution is 7.92. The summed E-state index contributed by atoms with van der Waals surface area (Å²) in [5.41, 5.74) is 2.62. The molecule has 0 unspecified atom stereocenters. The Balaban J connectivity index is 1.20. The SMILES string of the molecule is N#Cc1ccc(C(=O)Nc2ccc(Cl)c(C(=O)Cc3cnc(Nc4ccc(S(=O)(=O)C5CCNCC5)cc4)nc3)c2)cc1. The number of hydrogen-bond acceptors (Lipinski definition) is 9. The van der Waals surface area contributed by atoms with Crippen molar-refractivity contribution in [1.29, 1.82) is 5.26 Å². The fourth-order valence-electron chi connectivity index (χ4n) is 4.66. The number of amides is 1. The number of carbonyl (C=O) groups is 2. The van der Waals surface area contributed by atoms with E-state index in [4.69, 9.17) is 16.9 Å². The standard InChI is InChI=1S/C31H27ClN6O4S/c32-28-10-7-24(37-30(40)22-3-1-20(17-33)2-4-22)16-27(28)29(39)15-21-18-35-31(36-19-21)38-23-5-8-25(9-6-23)43(41,42)26-11-13-34-14-12-26/h1-10,16,18-19,26,34H,11-15H2,(H,37,40)(H,35,36,38). The Kier molecular flexibility index (Phi) is 9.11. The molecule has 5 rings (SSSR count). The lowest BCUT2D eigenvalue weighted by Gasteiger charge is -2.22. The van der Waals surface area contributed by atoms with Crippen LogP contribution in [0.4, 0.5) is 17.3 Å². The molecule has 10 nitrogen and oxygen atoms in total. The third-order valence-corrected chi connectivity index (χ3v) is 9.64. The highest BCUT2D eigenvalue weighted by Gasteiger charge is 2.28. The van der Waals surface area contributed by atoms with Gasteiger partial charge in [0.25, 0.3) is 5.91 Å². The first kappa shape index (κ1) is 29.8. The van der Waals surface area contributed by atoms with Crippen LogP contribution in [0, 0.1) is 11.3 Å². The summed E-state index contributed by atoms with van der Waals surface area (Å²) in [4.78, 5) is 34.5. The summed E-state index contributed by atoms with van der Waals surface area (Å²) in [5.74, 6) is -0.384. The van der Waals surface area contributed by atoms with Crippen molar-refractivity contribution < 1.29 is 18.0 Å². The lowest BCUT2D eigenvalue weighted by atomic mass is 10.0. The van der Waals surface area contributed by atoms with E-state index < -0.39 is 9.84 Å². The number of carbonyl (C=O) groups excluding carboxylic acids is 2. The van der Waals surface area contributed by atoms with Gasteiger partial charge in [-0.25, -0.2) is 18.4 Å². The highest BCUT2D eigenvalue weighted by Crippen LogP contribution is 2.25. The fourth-order valence-corrected chi connectivity index (χ4v) is 6.64. The molecule has 3 aromatic carbocycles. The average molecular weight is 615 g/mol. The molecule has 1 amide bonds. The molecule has 0 bridgehead atoms. The fraction of sp³-hybridized carbons (Fsp3) is 0.194. The summed E-state index contributed by atoms with van der Waals surface area (Å²) in [6, 6.07) is 19.3. The lowest BCUT2D eigenvalue weighted by Crippen LogP contribution is -2.35. The number of Topliss-reactive ketones (excluding diaryl/α,β-unsaturated/α-hetero) is 1. The summed E-state index contributed by atoms with van der Waals surface area (Å²) in [7, 11) is -3.39. The molecule has 4 aromatic rings. The molecule has 43 heavy (non-hydrogen) atoms. The van der Waals surface area contributed by atoms with Gasteiger partial charge in [0.1, 0.15) is 0 Å². The van der Waals surface area contributed by atoms with E-state index in [9.17, 15) is 18.0 Å². The Morgan fingerprint density at radius 1 is 0.953 bits per heavy atom. The molecule has 0 spiro atoms. The van der Waals surface area contributed by atoms with Crippen molar-refractivity contribution in [3.05, 3.63) is 106 Å². The number of hydrogen-bond donors (Lipinski definition) is 3. The molecule has 1 aliphatic heterocycles. The quantitative estimate of drug-likeness (QED) is 0.222. The third-order valence-electron chi connectivity index (χ3n) is 7.03. The van der Waals surface area contributed by atoms with Crippen LogP contribution in [0.3, 0.4) is 0 Å². The number of piperidine rings is 1. The van der Waals surface area contributed by atoms with Gasteiger partial charge in [0, 0.05) is 41.3 Å². The van der Waals surface area contributed by atoms with Gasteiger partial charge in [-0.3, -0.25) is 9.59 Å². The monoisotopic (exact) mass is 614 g/mol. The number of nitrogens with zero attached hydrogens (tertiary/aromatic N) is 3. The normalized spacial score (nSPS) is 13.6. The van der Waals surface area contributed by atoms with Gasteiger partial charge in [-0.15, -0.1) is 0 Å². The summed E-state index contributed by atoms with van der Waals surface area (Å²) in [6.07, 6.45) is 4.22. The van der Waals surface area contributed by atoms with E-state index in [-0.39, 0.29) is 44.8 Å². The van der Waals surface area contributed by atoms with E-state index in [1.807, 2.05) is 6.07 Å². The third kappa shape index (κ3) is 7.24. The number of aromatic nitrogens is 2. The predicted octanol–water partition coefficient (Wildman–Crippen LogP) is 4.95. The molecule has 1 saturated heterocycles. The first-order valence-corrected chi connectivity index (χ1v) is 15.4. The minimum atomic E-state index is -3.39. The summed E-state index contributed by atoms with van der Waals surface area (Å²) >= 11 is 6.30. The Labute approximate surface area is 254 Å². The zero-order chi connectivity index (χ0) is 30.4. The molecule has 12 heteroatoms. The van der Waals surface area contributed by atoms with Crippen molar-refractivity contribution >= 4 is 50.5 Å². The maximum Gasteiger partial charge on any atom is 0.255 e. The minimum Gasteiger partial charge on any atom is -0.324 e. The molecule has 1 aromatic heterocycles. The van der Waals surface area contributed by atoms with Crippen LogP contribution in [0.25, 0.3) is 0 Å². The molecule has 1 fully saturated rings. The van der Waals surface area contributed by atoms with Crippen molar-refractivity contribution in [2.24, 2.45) is 0 Å². The number of anilines is 3. The van der Waals surface area contributed by atoms with Crippen LogP contribution >= 0.6 is 11.6 Å². The van der Waals surface area contributed by atoms with Crippen molar-refractivity contribution in [1.82, 2.24) is 15.3 Å². The van der Waals surface area contributed by atoms with Crippen LogP contribution in [-0.4, -0.2) is 48.4 Å². The first-order chi connectivity index (χ1) is 20.7. The Hall–Kier alpha value is -4.63. The van der Waals surface area contributed by atoms with E-state index in [0.717, 1.165) is 0 Å². The van der Waals surface area contributed by atoms with Crippen LogP contribution in [-0.2, 0) is 16.3 Å². The van der Waals surface area contributed by atoms with Crippen LogP contribution in [0.2, 0.25) is 5.02 Å². The molecule has 2 heterocycles. The molecule has 0 atom stereocenters. The summed E-state index contributed by atoms with van der Waals surface area (Å²) < 4.78 is 25.8. The second kappa shape index (κ2) is 13.1. The van der Waals surface area contributed by atoms with E-state index in [1.54, 1.807) is 54.6 Å². The van der Waals surface area contributed by atoms with E-state index >= 15 is 0 Å². The van der Waals surface area contributed by atoms with Gasteiger partial charge in [0.2, 0.25) is 5.95 Å². The number of rotatable bonds is 9. The number of benzene rings is 3. The van der Waals surface area contributed by atoms with E-state index in [1.165, 1.54) is 24.5 Å². The molecule has 0 saturated carbocycles. The molecular weight excluding hydrogens is 588 g/mol. The Morgan fingerprint density at radius 3 is 2.26 bits per heavy atom. The average Bonchev–Trinajstić information content (AvgIpc) is 3.03. The van der Waals surface area contributed by atoms with Gasteiger partial charge in [0.05, 0.1) is 26.8 Å². The van der Waals surface area contributed by atoms with Crippen molar-refractivity contribution in [3.8, 4) is 6.07 Å². The van der Waals surface area contributed by atoms with Crippen molar-refractivity contribution in [2.45, 2.75) is 29.4 Å². The van der Waals surface area contributed by atoms with Crippen LogP contribution < -0.4 is 16.0 Å². The minimum absolute atomic E-state index is 0.0176. The highest BCUT2D eigenvalue weighted by atomic mass is 35.5. The molecule has 218 valence electrons. The number of sulfone groups is 1. The molecule has 3 N–H and O–H groups in total. The maximum absolute atomic E-state index is 13.1. The smallest absolute Gasteiger partial charge is 0.255 e. The van der Waals surface area contributed by atoms with Gasteiger partial charge in [-0.05, 0) is 98.2 Å². The number of nitriles is 1. The van der Waals surface area contributed by atoms with Crippen molar-refractivity contribution in [3.63, 3.8) is 0 Å². The van der Waals surface area contributed by atoms with Crippen LogP contribution in [0.15, 0.2) is 84.0 Å². The molecule has 0 radical (unpaired) electrons. The van der Waals surface area contributed by atoms with Gasteiger partial charge >= 0.3 is 0 Å². The van der Waals surface area contributed by atoms with E-state index in [0.29, 0.717) is 54.0 Å². The molecule has 0 aliphatic carbocycles. The number of halogens is 1. The predicted molar refractivity (Wildman–Crippen MR) is 163 cm³/mol. The van der Waals surface area contributed by atoms with Crippen molar-refractivity contribution in [2.75, 3.05) is 23.7 Å². The first-order valence-electron chi connectivity index (χ1n) is 13.5. The van der Waals surface area contributed by atoms with Gasteiger partial charge in [0.15, 0.2) is 15.6 Å². The zero-order valence-corrected chi connectivity index (χ0v) is 24.5. The van der Waals surface area contributed by atoms with Crippen LogP contribution in [0.5, 0.6) is 0 Å². The lowest BCUT2D eigenvalue weighted by molar-refractivity contribution is 0.0989. The largest absolute Gasteiger partial charge is 0.324 e. The van der Waals surface area contributed by atoms with Gasteiger partial charge in [-0.2, -0.15) is 5.26 Å². The Morgan fingerprint density at radius 2 is 1.60 bits per heavy atom. The second-order valence-electron chi connectivity index (χ2n) is 10.00. The summed E-state index contributed by atoms with van der Waals surface area (Å²) in [6.45, 7) is 1.39. The van der Waals surface area contributed by atoms with Gasteiger partial charge < -0.3 is 16.0 Å². The van der Waals surface area contributed by atoms with Gasteiger partial charge in [-0.1, -0.05) is 11.6 Å². The second-order valence-corrected chi connectivity index (χ2v) is 12.6. The van der Waals surface area contributed by atoms with Crippen LogP contribution in [0.1, 0.15) is 44.7 Å². The molecule has 1 aliphatic rings. The number of nitrogens with one attached hydrogen (secondary N) is 3. The number of ketones is 1. The maximum atomic E-state index is 13.1. The zero-order valence-electron chi connectivity index (χ0n) is 22.9. The van der Waals surface area contributed by atoms with E-state index in [2.05, 4.69) is 25.9 Å². The Bertz CT molecular complexity index is 1780. The topological polar surface area (TPSA) is 154 Å². The molecular formula is C31H27ClN6O4S. The summed E-state index contributed by atoms with van der Waals surface area (Å²) in [5, 5.41) is 17.8.